The van der Waals surface area contributed by atoms with Crippen LogP contribution in [0, 0.1) is 0 Å². The zero-order valence-corrected chi connectivity index (χ0v) is 16.8. The van der Waals surface area contributed by atoms with E-state index >= 15 is 0 Å². The van der Waals surface area contributed by atoms with Crippen LogP contribution in [0.25, 0.3) is 0 Å². The van der Waals surface area contributed by atoms with Crippen LogP contribution < -0.4 is 19.3 Å². The summed E-state index contributed by atoms with van der Waals surface area (Å²) in [5.74, 6) is 2.24. The Morgan fingerprint density at radius 2 is 1.86 bits per heavy atom. The molecular weight excluding hydrogens is 350 g/mol. The van der Waals surface area contributed by atoms with Crippen molar-refractivity contribution in [2.45, 2.75) is 18.4 Å². The molecule has 2 atom stereocenters. The van der Waals surface area contributed by atoms with Crippen molar-refractivity contribution in [2.24, 2.45) is 0 Å². The second kappa shape index (κ2) is 7.21. The van der Waals surface area contributed by atoms with Crippen LogP contribution in [0.2, 0.25) is 0 Å². The molecule has 3 heterocycles. The predicted octanol–water partition coefficient (Wildman–Crippen LogP) is 3.20. The SMILES string of the molecule is COc1ccccc1OCCN1CCC2C(C1)c1cccc3c1N2CCN3C. The fourth-order valence-electron chi connectivity index (χ4n) is 5.20. The molecule has 2 aromatic rings. The third kappa shape index (κ3) is 2.89. The molecule has 1 saturated heterocycles. The third-order valence-electron chi connectivity index (χ3n) is 6.62. The molecule has 3 aliphatic rings. The molecule has 5 heteroatoms. The van der Waals surface area contributed by atoms with Crippen LogP contribution in [0.4, 0.5) is 11.4 Å². The van der Waals surface area contributed by atoms with Gasteiger partial charge in [0.25, 0.3) is 0 Å². The number of rotatable bonds is 5. The first kappa shape index (κ1) is 17.7. The Morgan fingerprint density at radius 1 is 1.00 bits per heavy atom. The summed E-state index contributed by atoms with van der Waals surface area (Å²) in [5.41, 5.74) is 4.45. The van der Waals surface area contributed by atoms with Crippen LogP contribution in [0.15, 0.2) is 42.5 Å². The third-order valence-corrected chi connectivity index (χ3v) is 6.62. The summed E-state index contributed by atoms with van der Waals surface area (Å²) >= 11 is 0. The van der Waals surface area contributed by atoms with E-state index in [1.54, 1.807) is 12.7 Å². The molecule has 0 aliphatic carbocycles. The first-order valence-corrected chi connectivity index (χ1v) is 10.3. The normalized spacial score (nSPS) is 23.4. The van der Waals surface area contributed by atoms with Gasteiger partial charge in [-0.2, -0.15) is 0 Å². The van der Waals surface area contributed by atoms with Gasteiger partial charge in [-0.25, -0.2) is 0 Å². The van der Waals surface area contributed by atoms with E-state index in [0.29, 0.717) is 18.6 Å². The molecule has 0 bridgehead atoms. The van der Waals surface area contributed by atoms with Gasteiger partial charge in [-0.15, -0.1) is 0 Å². The Hall–Kier alpha value is -2.40. The zero-order chi connectivity index (χ0) is 19.1. The number of likely N-dealkylation sites (N-methyl/N-ethyl adjacent to an activating group) is 1. The van der Waals surface area contributed by atoms with Crippen LogP contribution in [-0.4, -0.2) is 64.4 Å². The summed E-state index contributed by atoms with van der Waals surface area (Å²) in [6.07, 6.45) is 1.23. The van der Waals surface area contributed by atoms with Gasteiger partial charge >= 0.3 is 0 Å². The molecule has 3 aliphatic heterocycles. The minimum atomic E-state index is 0.612. The smallest absolute Gasteiger partial charge is 0.161 e. The highest BCUT2D eigenvalue weighted by molar-refractivity contribution is 5.80. The maximum atomic E-state index is 6.01. The molecule has 5 nitrogen and oxygen atoms in total. The minimum Gasteiger partial charge on any atom is -0.493 e. The van der Waals surface area contributed by atoms with Crippen LogP contribution in [0.3, 0.4) is 0 Å². The first-order valence-electron chi connectivity index (χ1n) is 10.3. The van der Waals surface area contributed by atoms with Gasteiger partial charge < -0.3 is 19.3 Å². The average Bonchev–Trinajstić information content (AvgIpc) is 3.05. The fourth-order valence-corrected chi connectivity index (χ4v) is 5.20. The van der Waals surface area contributed by atoms with Crippen molar-refractivity contribution in [3.63, 3.8) is 0 Å². The van der Waals surface area contributed by atoms with E-state index in [-0.39, 0.29) is 0 Å². The Morgan fingerprint density at radius 3 is 2.71 bits per heavy atom. The number of hydrogen-bond acceptors (Lipinski definition) is 5. The summed E-state index contributed by atoms with van der Waals surface area (Å²) in [5, 5.41) is 0. The van der Waals surface area contributed by atoms with E-state index in [2.05, 4.69) is 39.9 Å². The van der Waals surface area contributed by atoms with Crippen molar-refractivity contribution in [1.29, 1.82) is 0 Å². The van der Waals surface area contributed by atoms with Crippen LogP contribution in [-0.2, 0) is 0 Å². The predicted molar refractivity (Wildman–Crippen MR) is 113 cm³/mol. The van der Waals surface area contributed by atoms with Crippen molar-refractivity contribution < 1.29 is 9.47 Å². The Labute approximate surface area is 167 Å². The van der Waals surface area contributed by atoms with Gasteiger partial charge in [0.05, 0.1) is 18.5 Å². The summed E-state index contributed by atoms with van der Waals surface area (Å²) in [7, 11) is 3.91. The second-order valence-electron chi connectivity index (χ2n) is 8.09. The Balaban J connectivity index is 1.26. The van der Waals surface area contributed by atoms with E-state index in [1.165, 1.54) is 17.8 Å². The standard InChI is InChI=1S/C23H29N3O2/c1-24-12-13-26-19-10-11-25(14-15-28-22-9-4-3-8-21(22)27-2)16-18(19)17-6-5-7-20(24)23(17)26/h3-9,18-19H,10-16H2,1-2H3. The lowest BCUT2D eigenvalue weighted by Gasteiger charge is -2.41. The van der Waals surface area contributed by atoms with Gasteiger partial charge in [0.15, 0.2) is 11.5 Å². The summed E-state index contributed by atoms with van der Waals surface area (Å²) in [6, 6.07) is 15.4. The summed E-state index contributed by atoms with van der Waals surface area (Å²) in [6.45, 7) is 6.19. The summed E-state index contributed by atoms with van der Waals surface area (Å²) < 4.78 is 11.4. The number of fused-ring (bicyclic) bond motifs is 3. The van der Waals surface area contributed by atoms with E-state index in [0.717, 1.165) is 44.2 Å². The molecule has 2 unspecified atom stereocenters. The molecule has 0 radical (unpaired) electrons. The monoisotopic (exact) mass is 379 g/mol. The first-order chi connectivity index (χ1) is 13.8. The van der Waals surface area contributed by atoms with Crippen LogP contribution >= 0.6 is 0 Å². The number of hydrogen-bond donors (Lipinski definition) is 0. The van der Waals surface area contributed by atoms with Crippen molar-refractivity contribution in [2.75, 3.05) is 63.3 Å². The lowest BCUT2D eigenvalue weighted by atomic mass is 9.89. The molecule has 0 saturated carbocycles. The van der Waals surface area contributed by atoms with Gasteiger partial charge in [-0.3, -0.25) is 4.90 Å². The van der Waals surface area contributed by atoms with Crippen molar-refractivity contribution in [1.82, 2.24) is 4.90 Å². The number of piperidine rings is 1. The molecule has 0 spiro atoms. The van der Waals surface area contributed by atoms with E-state index in [4.69, 9.17) is 9.47 Å². The average molecular weight is 380 g/mol. The largest absolute Gasteiger partial charge is 0.493 e. The molecule has 0 amide bonds. The highest BCUT2D eigenvalue weighted by atomic mass is 16.5. The number of para-hydroxylation sites is 3. The van der Waals surface area contributed by atoms with Gasteiger partial charge in [-0.05, 0) is 30.2 Å². The highest BCUT2D eigenvalue weighted by Gasteiger charge is 2.44. The number of nitrogens with zero attached hydrogens (tertiary/aromatic N) is 3. The molecule has 0 aromatic heterocycles. The quantitative estimate of drug-likeness (QED) is 0.796. The van der Waals surface area contributed by atoms with Gasteiger partial charge in [0, 0.05) is 51.7 Å². The lowest BCUT2D eigenvalue weighted by Crippen LogP contribution is -2.49. The van der Waals surface area contributed by atoms with Crippen molar-refractivity contribution >= 4 is 11.4 Å². The molecule has 2 aromatic carbocycles. The van der Waals surface area contributed by atoms with Gasteiger partial charge in [0.1, 0.15) is 6.61 Å². The van der Waals surface area contributed by atoms with Crippen LogP contribution in [0.1, 0.15) is 17.9 Å². The molecule has 28 heavy (non-hydrogen) atoms. The number of likely N-dealkylation sites (tertiary alicyclic amines) is 1. The Bertz CT molecular complexity index is 855. The zero-order valence-electron chi connectivity index (χ0n) is 16.8. The maximum Gasteiger partial charge on any atom is 0.161 e. The van der Waals surface area contributed by atoms with Crippen LogP contribution in [0.5, 0.6) is 11.5 Å². The number of anilines is 2. The molecule has 1 fully saturated rings. The van der Waals surface area contributed by atoms with Crippen molar-refractivity contribution in [3.05, 3.63) is 48.0 Å². The van der Waals surface area contributed by atoms with E-state index in [9.17, 15) is 0 Å². The van der Waals surface area contributed by atoms with E-state index in [1.807, 2.05) is 24.3 Å². The van der Waals surface area contributed by atoms with Gasteiger partial charge in [0.2, 0.25) is 0 Å². The molecular formula is C23H29N3O2. The van der Waals surface area contributed by atoms with Gasteiger partial charge in [-0.1, -0.05) is 24.3 Å². The highest BCUT2D eigenvalue weighted by Crippen LogP contribution is 2.50. The minimum absolute atomic E-state index is 0.612. The van der Waals surface area contributed by atoms with E-state index < -0.39 is 0 Å². The van der Waals surface area contributed by atoms with Crippen molar-refractivity contribution in [3.8, 4) is 11.5 Å². The number of benzene rings is 2. The topological polar surface area (TPSA) is 28.2 Å². The lowest BCUT2D eigenvalue weighted by molar-refractivity contribution is 0.159. The second-order valence-corrected chi connectivity index (χ2v) is 8.09. The fraction of sp³-hybridized carbons (Fsp3) is 0.478. The molecule has 5 rings (SSSR count). The maximum absolute atomic E-state index is 6.01. The number of ether oxygens (including phenoxy) is 2. The Kier molecular flexibility index (Phi) is 4.55. The number of methoxy groups -OCH3 is 1. The molecule has 148 valence electrons. The summed E-state index contributed by atoms with van der Waals surface area (Å²) in [4.78, 5) is 7.67. The molecule has 0 N–H and O–H groups in total.